The van der Waals surface area contributed by atoms with Gasteiger partial charge in [0.2, 0.25) is 0 Å². The number of aromatic nitrogens is 4. The Balaban J connectivity index is 1.72. The number of nitrogens with zero attached hydrogens (tertiary/aromatic N) is 4. The van der Waals surface area contributed by atoms with Gasteiger partial charge in [0.25, 0.3) is 0 Å². The van der Waals surface area contributed by atoms with Gasteiger partial charge >= 0.3 is 6.03 Å². The van der Waals surface area contributed by atoms with Crippen LogP contribution in [0.25, 0.3) is 5.82 Å². The monoisotopic (exact) mass is 340 g/mol. The first-order valence-corrected chi connectivity index (χ1v) is 7.29. The van der Waals surface area contributed by atoms with E-state index < -0.39 is 6.03 Å². The van der Waals surface area contributed by atoms with Gasteiger partial charge < -0.3 is 14.8 Å². The van der Waals surface area contributed by atoms with Gasteiger partial charge in [-0.15, -0.1) is 0 Å². The lowest BCUT2D eigenvalue weighted by Gasteiger charge is -2.11. The van der Waals surface area contributed by atoms with Crippen LogP contribution in [0.2, 0.25) is 0 Å². The normalized spacial score (nSPS) is 10.2. The average molecular weight is 340 g/mol. The summed E-state index contributed by atoms with van der Waals surface area (Å²) >= 11 is 0. The summed E-state index contributed by atoms with van der Waals surface area (Å²) in [6.07, 6.45) is 6.35. The molecule has 0 aliphatic carbocycles. The molecule has 1 aromatic carbocycles. The van der Waals surface area contributed by atoms with Crippen molar-refractivity contribution < 1.29 is 14.3 Å². The highest BCUT2D eigenvalue weighted by atomic mass is 16.5. The van der Waals surface area contributed by atoms with Crippen molar-refractivity contribution in [1.29, 1.82) is 0 Å². The molecule has 2 aromatic heterocycles. The van der Waals surface area contributed by atoms with Crippen LogP contribution in [0.4, 0.5) is 16.3 Å². The molecule has 2 N–H and O–H groups in total. The number of hydrogen-bond acceptors (Lipinski definition) is 6. The molecule has 3 rings (SSSR count). The van der Waals surface area contributed by atoms with E-state index in [1.807, 2.05) is 0 Å². The Kier molecular flexibility index (Phi) is 4.74. The summed E-state index contributed by atoms with van der Waals surface area (Å²) in [5.74, 6) is 2.08. The van der Waals surface area contributed by atoms with E-state index in [0.717, 1.165) is 0 Å². The minimum atomic E-state index is -0.453. The van der Waals surface area contributed by atoms with Crippen molar-refractivity contribution >= 4 is 17.5 Å². The summed E-state index contributed by atoms with van der Waals surface area (Å²) in [5.41, 5.74) is 0.526. The molecule has 0 radical (unpaired) electrons. The van der Waals surface area contributed by atoms with Gasteiger partial charge in [-0.2, -0.15) is 0 Å². The van der Waals surface area contributed by atoms with E-state index in [0.29, 0.717) is 28.8 Å². The Morgan fingerprint density at radius 2 is 1.80 bits per heavy atom. The maximum atomic E-state index is 12.2. The number of urea groups is 1. The number of anilines is 2. The minimum absolute atomic E-state index is 0.353. The molecule has 0 fully saturated rings. The molecule has 0 aliphatic heterocycles. The van der Waals surface area contributed by atoms with E-state index in [1.165, 1.54) is 20.5 Å². The number of amides is 2. The van der Waals surface area contributed by atoms with Crippen molar-refractivity contribution in [3.8, 4) is 17.3 Å². The molecule has 0 spiro atoms. The van der Waals surface area contributed by atoms with Gasteiger partial charge in [0.15, 0.2) is 0 Å². The second-order valence-electron chi connectivity index (χ2n) is 4.91. The van der Waals surface area contributed by atoms with E-state index in [-0.39, 0.29) is 0 Å². The second-order valence-corrected chi connectivity index (χ2v) is 4.91. The van der Waals surface area contributed by atoms with Crippen LogP contribution in [0.3, 0.4) is 0 Å². The van der Waals surface area contributed by atoms with Gasteiger partial charge in [-0.3, -0.25) is 9.88 Å². The number of nitrogens with one attached hydrogen (secondary N) is 2. The fourth-order valence-electron chi connectivity index (χ4n) is 2.11. The SMILES string of the molecule is COc1cc(NC(=O)Nc2cc(-n3ccnc3)ncn2)cc(OC)c1. The van der Waals surface area contributed by atoms with Crippen LogP contribution in [0.5, 0.6) is 11.5 Å². The molecule has 2 amide bonds. The number of methoxy groups -OCH3 is 2. The lowest BCUT2D eigenvalue weighted by atomic mass is 10.3. The van der Waals surface area contributed by atoms with Crippen molar-refractivity contribution in [2.24, 2.45) is 0 Å². The van der Waals surface area contributed by atoms with E-state index in [9.17, 15) is 4.79 Å². The maximum Gasteiger partial charge on any atom is 0.324 e. The van der Waals surface area contributed by atoms with E-state index in [2.05, 4.69) is 25.6 Å². The van der Waals surface area contributed by atoms with Crippen molar-refractivity contribution in [1.82, 2.24) is 19.5 Å². The zero-order chi connectivity index (χ0) is 17.6. The van der Waals surface area contributed by atoms with Crippen molar-refractivity contribution in [2.45, 2.75) is 0 Å². The molecule has 128 valence electrons. The smallest absolute Gasteiger partial charge is 0.324 e. The average Bonchev–Trinajstić information content (AvgIpc) is 3.16. The zero-order valence-corrected chi connectivity index (χ0v) is 13.6. The molecule has 0 unspecified atom stereocenters. The minimum Gasteiger partial charge on any atom is -0.497 e. The van der Waals surface area contributed by atoms with Gasteiger partial charge in [-0.25, -0.2) is 19.7 Å². The number of carbonyl (C=O) groups is 1. The first kappa shape index (κ1) is 16.2. The number of carbonyl (C=O) groups excluding carboxylic acids is 1. The van der Waals surface area contributed by atoms with Crippen molar-refractivity contribution in [3.63, 3.8) is 0 Å². The highest BCUT2D eigenvalue weighted by Gasteiger charge is 2.08. The maximum absolute atomic E-state index is 12.2. The molecular weight excluding hydrogens is 324 g/mol. The summed E-state index contributed by atoms with van der Waals surface area (Å²) in [7, 11) is 3.08. The molecular formula is C16H16N6O3. The van der Waals surface area contributed by atoms with Crippen LogP contribution in [0.15, 0.2) is 49.3 Å². The Labute approximate surface area is 143 Å². The predicted molar refractivity (Wildman–Crippen MR) is 91.3 cm³/mol. The molecule has 0 atom stereocenters. The third-order valence-electron chi connectivity index (χ3n) is 3.27. The Morgan fingerprint density at radius 3 is 2.44 bits per heavy atom. The number of benzene rings is 1. The van der Waals surface area contributed by atoms with Crippen LogP contribution in [0, 0.1) is 0 Å². The summed E-state index contributed by atoms with van der Waals surface area (Å²) in [5, 5.41) is 5.36. The van der Waals surface area contributed by atoms with Crippen LogP contribution < -0.4 is 20.1 Å². The van der Waals surface area contributed by atoms with Crippen LogP contribution in [-0.2, 0) is 0 Å². The van der Waals surface area contributed by atoms with Gasteiger partial charge in [0.1, 0.15) is 35.8 Å². The van der Waals surface area contributed by atoms with Crippen LogP contribution >= 0.6 is 0 Å². The van der Waals surface area contributed by atoms with Crippen molar-refractivity contribution in [3.05, 3.63) is 49.3 Å². The summed E-state index contributed by atoms with van der Waals surface area (Å²) in [6.45, 7) is 0. The lowest BCUT2D eigenvalue weighted by Crippen LogP contribution is -2.20. The number of ether oxygens (including phenoxy) is 2. The molecule has 0 bridgehead atoms. The third kappa shape index (κ3) is 4.02. The molecule has 9 heteroatoms. The standard InChI is InChI=1S/C16H16N6O3/c1-24-12-5-11(6-13(7-12)25-2)20-16(23)21-14-8-15(19-9-18-14)22-4-3-17-10-22/h3-10H,1-2H3,(H2,18,19,20,21,23). The molecule has 9 nitrogen and oxygen atoms in total. The highest BCUT2D eigenvalue weighted by molar-refractivity contribution is 5.99. The molecule has 0 aliphatic rings. The Hall–Kier alpha value is -3.62. The first-order valence-electron chi connectivity index (χ1n) is 7.29. The van der Waals surface area contributed by atoms with Crippen molar-refractivity contribution in [2.75, 3.05) is 24.9 Å². The predicted octanol–water partition coefficient (Wildman–Crippen LogP) is 2.32. The van der Waals surface area contributed by atoms with E-state index in [4.69, 9.17) is 9.47 Å². The van der Waals surface area contributed by atoms with Gasteiger partial charge in [-0.05, 0) is 0 Å². The summed E-state index contributed by atoms with van der Waals surface area (Å²) in [6, 6.07) is 6.25. The van der Waals surface area contributed by atoms with Crippen LogP contribution in [-0.4, -0.2) is 39.8 Å². The van der Waals surface area contributed by atoms with Gasteiger partial charge in [0, 0.05) is 42.3 Å². The second kappa shape index (κ2) is 7.30. The quantitative estimate of drug-likeness (QED) is 0.739. The fraction of sp³-hybridized carbons (Fsp3) is 0.125. The topological polar surface area (TPSA) is 103 Å². The summed E-state index contributed by atoms with van der Waals surface area (Å²) in [4.78, 5) is 24.3. The largest absolute Gasteiger partial charge is 0.497 e. The fourth-order valence-corrected chi connectivity index (χ4v) is 2.11. The first-order chi connectivity index (χ1) is 12.2. The number of rotatable bonds is 5. The summed E-state index contributed by atoms with van der Waals surface area (Å²) < 4.78 is 12.1. The Bertz CT molecular complexity index is 844. The Morgan fingerprint density at radius 1 is 1.04 bits per heavy atom. The highest BCUT2D eigenvalue weighted by Crippen LogP contribution is 2.25. The molecule has 0 saturated carbocycles. The lowest BCUT2D eigenvalue weighted by molar-refractivity contribution is 0.262. The van der Waals surface area contributed by atoms with E-state index in [1.54, 1.807) is 47.6 Å². The van der Waals surface area contributed by atoms with Gasteiger partial charge in [0.05, 0.1) is 14.2 Å². The van der Waals surface area contributed by atoms with E-state index >= 15 is 0 Å². The zero-order valence-electron chi connectivity index (χ0n) is 13.6. The molecule has 0 saturated heterocycles. The molecule has 25 heavy (non-hydrogen) atoms. The van der Waals surface area contributed by atoms with Crippen LogP contribution in [0.1, 0.15) is 0 Å². The third-order valence-corrected chi connectivity index (χ3v) is 3.27. The number of imidazole rings is 1. The number of hydrogen-bond donors (Lipinski definition) is 2. The van der Waals surface area contributed by atoms with Gasteiger partial charge in [-0.1, -0.05) is 0 Å². The molecule has 2 heterocycles. The molecule has 3 aromatic rings.